The van der Waals surface area contributed by atoms with Crippen LogP contribution in [0.15, 0.2) is 0 Å². The molecule has 0 rings (SSSR count). The van der Waals surface area contributed by atoms with Crippen molar-refractivity contribution in [1.29, 1.82) is 0 Å². The van der Waals surface area contributed by atoms with Crippen LogP contribution in [0.2, 0.25) is 0 Å². The van der Waals surface area contributed by atoms with Gasteiger partial charge in [0, 0.05) is 5.92 Å². The van der Waals surface area contributed by atoms with Gasteiger partial charge in [-0.25, -0.2) is 0 Å². The van der Waals surface area contributed by atoms with Crippen molar-refractivity contribution in [2.45, 2.75) is 40.2 Å². The summed E-state index contributed by atoms with van der Waals surface area (Å²) in [5.74, 6) is 0.734. The van der Waals surface area contributed by atoms with Crippen LogP contribution in [-0.2, 0) is 0 Å². The fourth-order valence-electron chi connectivity index (χ4n) is 1.11. The predicted octanol–water partition coefficient (Wildman–Crippen LogP) is 2.52. The lowest BCUT2D eigenvalue weighted by Gasteiger charge is -2.46. The van der Waals surface area contributed by atoms with Gasteiger partial charge in [-0.2, -0.15) is 0 Å². The Labute approximate surface area is 72.0 Å². The lowest BCUT2D eigenvalue weighted by molar-refractivity contribution is -0.940. The maximum absolute atomic E-state index is 2.35. The molecule has 0 aromatic carbocycles. The van der Waals surface area contributed by atoms with Crippen molar-refractivity contribution in [1.82, 2.24) is 0 Å². The number of quaternary nitrogens is 1. The summed E-state index contributed by atoms with van der Waals surface area (Å²) in [5, 5.41) is 0. The molecule has 0 spiro atoms. The summed E-state index contributed by atoms with van der Waals surface area (Å²) in [6.07, 6.45) is 0. The van der Waals surface area contributed by atoms with Crippen LogP contribution in [0.3, 0.4) is 0 Å². The Kier molecular flexibility index (Phi) is 3.13. The molecule has 0 amide bonds. The second-order valence-electron chi connectivity index (χ2n) is 4.81. The fraction of sp³-hybridized carbons (Fsp3) is 1.00. The first-order valence-corrected chi connectivity index (χ1v) is 4.58. The third-order valence-corrected chi connectivity index (χ3v) is 3.76. The summed E-state index contributed by atoms with van der Waals surface area (Å²) in [7, 11) is 4.61. The molecule has 0 atom stereocenters. The first kappa shape index (κ1) is 11.0. The highest BCUT2D eigenvalue weighted by Gasteiger charge is 2.37. The van der Waals surface area contributed by atoms with Gasteiger partial charge in [0.1, 0.15) is 0 Å². The van der Waals surface area contributed by atoms with Crippen molar-refractivity contribution in [2.75, 3.05) is 20.6 Å². The topological polar surface area (TPSA) is 0 Å². The molecular weight excluding hydrogens is 134 g/mol. The molecule has 0 saturated carbocycles. The Hall–Kier alpha value is -0.0400. The van der Waals surface area contributed by atoms with E-state index in [0.29, 0.717) is 5.54 Å². The van der Waals surface area contributed by atoms with Crippen LogP contribution >= 0.6 is 0 Å². The number of rotatable bonds is 3. The SMILES string of the molecule is CC[N+](C)(C)C(C)(C)C(C)C. The van der Waals surface area contributed by atoms with Gasteiger partial charge in [0.05, 0.1) is 26.2 Å². The van der Waals surface area contributed by atoms with Crippen molar-refractivity contribution >= 4 is 0 Å². The highest BCUT2D eigenvalue weighted by atomic mass is 15.4. The zero-order valence-corrected chi connectivity index (χ0v) is 9.23. The van der Waals surface area contributed by atoms with Crippen molar-refractivity contribution < 1.29 is 4.48 Å². The van der Waals surface area contributed by atoms with Gasteiger partial charge in [-0.1, -0.05) is 13.8 Å². The number of nitrogens with zero attached hydrogens (tertiary/aromatic N) is 1. The van der Waals surface area contributed by atoms with Crippen LogP contribution in [0.25, 0.3) is 0 Å². The molecule has 0 aromatic rings. The molecule has 68 valence electrons. The zero-order valence-electron chi connectivity index (χ0n) is 9.23. The third kappa shape index (κ3) is 1.96. The molecule has 0 aliphatic rings. The predicted molar refractivity (Wildman–Crippen MR) is 51.6 cm³/mol. The molecule has 0 fully saturated rings. The molecule has 0 radical (unpaired) electrons. The van der Waals surface area contributed by atoms with Crippen LogP contribution in [0, 0.1) is 5.92 Å². The molecule has 0 bridgehead atoms. The molecule has 0 heterocycles. The van der Waals surface area contributed by atoms with Crippen molar-refractivity contribution in [3.63, 3.8) is 0 Å². The lowest BCUT2D eigenvalue weighted by Crippen LogP contribution is -2.58. The van der Waals surface area contributed by atoms with Crippen molar-refractivity contribution in [3.05, 3.63) is 0 Å². The summed E-state index contributed by atoms with van der Waals surface area (Å²) < 4.78 is 1.10. The van der Waals surface area contributed by atoms with Gasteiger partial charge in [-0.15, -0.1) is 0 Å². The molecule has 0 unspecified atom stereocenters. The molecule has 0 aliphatic carbocycles. The first-order valence-electron chi connectivity index (χ1n) is 4.58. The Bertz CT molecular complexity index is 123. The minimum atomic E-state index is 0.384. The normalized spacial score (nSPS) is 14.2. The van der Waals surface area contributed by atoms with E-state index in [1.54, 1.807) is 0 Å². The molecule has 1 nitrogen and oxygen atoms in total. The van der Waals surface area contributed by atoms with Crippen LogP contribution in [0.1, 0.15) is 34.6 Å². The molecular formula is C10H24N+. The third-order valence-electron chi connectivity index (χ3n) is 3.76. The molecule has 0 aliphatic heterocycles. The summed E-state index contributed by atoms with van der Waals surface area (Å²) >= 11 is 0. The van der Waals surface area contributed by atoms with E-state index in [1.807, 2.05) is 0 Å². The maximum Gasteiger partial charge on any atom is 0.0954 e. The summed E-state index contributed by atoms with van der Waals surface area (Å²) in [4.78, 5) is 0. The van der Waals surface area contributed by atoms with Gasteiger partial charge in [0.25, 0.3) is 0 Å². The van der Waals surface area contributed by atoms with Crippen LogP contribution < -0.4 is 0 Å². The van der Waals surface area contributed by atoms with E-state index in [0.717, 1.165) is 10.4 Å². The maximum atomic E-state index is 2.35. The number of hydrogen-bond acceptors (Lipinski definition) is 0. The molecule has 0 saturated heterocycles. The van der Waals surface area contributed by atoms with E-state index in [1.165, 1.54) is 6.54 Å². The van der Waals surface area contributed by atoms with Gasteiger partial charge < -0.3 is 4.48 Å². The van der Waals surface area contributed by atoms with Crippen LogP contribution in [0.5, 0.6) is 0 Å². The molecule has 1 heteroatoms. The highest BCUT2D eigenvalue weighted by molar-refractivity contribution is 4.72. The van der Waals surface area contributed by atoms with Crippen molar-refractivity contribution in [3.8, 4) is 0 Å². The summed E-state index contributed by atoms with van der Waals surface area (Å²) in [6.45, 7) is 12.8. The standard InChI is InChI=1S/C10H24N/c1-8-11(6,7)10(4,5)9(2)3/h9H,8H2,1-7H3/q+1. The monoisotopic (exact) mass is 158 g/mol. The van der Waals surface area contributed by atoms with Gasteiger partial charge in [-0.3, -0.25) is 0 Å². The van der Waals surface area contributed by atoms with Crippen LogP contribution in [-0.4, -0.2) is 30.7 Å². The second kappa shape index (κ2) is 3.14. The van der Waals surface area contributed by atoms with E-state index < -0.39 is 0 Å². The highest BCUT2D eigenvalue weighted by Crippen LogP contribution is 2.27. The summed E-state index contributed by atoms with van der Waals surface area (Å²) in [6, 6.07) is 0. The Morgan fingerprint density at radius 3 is 1.64 bits per heavy atom. The van der Waals surface area contributed by atoms with Gasteiger partial charge in [0.2, 0.25) is 0 Å². The smallest absolute Gasteiger partial charge is 0.0954 e. The zero-order chi connectivity index (χ0) is 9.28. The molecule has 11 heavy (non-hydrogen) atoms. The average molecular weight is 158 g/mol. The van der Waals surface area contributed by atoms with Gasteiger partial charge in [-0.05, 0) is 20.8 Å². The summed E-state index contributed by atoms with van der Waals surface area (Å²) in [5.41, 5.74) is 0.384. The average Bonchev–Trinajstić information content (AvgIpc) is 1.87. The molecule has 0 N–H and O–H groups in total. The fourth-order valence-corrected chi connectivity index (χ4v) is 1.11. The van der Waals surface area contributed by atoms with Gasteiger partial charge >= 0.3 is 0 Å². The van der Waals surface area contributed by atoms with E-state index in [2.05, 4.69) is 48.7 Å². The largest absolute Gasteiger partial charge is 0.324 e. The number of hydrogen-bond donors (Lipinski definition) is 0. The Morgan fingerprint density at radius 1 is 1.18 bits per heavy atom. The Balaban J connectivity index is 4.53. The minimum absolute atomic E-state index is 0.384. The van der Waals surface area contributed by atoms with E-state index >= 15 is 0 Å². The van der Waals surface area contributed by atoms with E-state index in [4.69, 9.17) is 0 Å². The second-order valence-corrected chi connectivity index (χ2v) is 4.81. The Morgan fingerprint density at radius 2 is 1.55 bits per heavy atom. The van der Waals surface area contributed by atoms with Gasteiger partial charge in [0.15, 0.2) is 0 Å². The van der Waals surface area contributed by atoms with Crippen LogP contribution in [0.4, 0.5) is 0 Å². The van der Waals surface area contributed by atoms with Crippen molar-refractivity contribution in [2.24, 2.45) is 5.92 Å². The quantitative estimate of drug-likeness (QED) is 0.554. The lowest BCUT2D eigenvalue weighted by atomic mass is 9.87. The van der Waals surface area contributed by atoms with E-state index in [-0.39, 0.29) is 0 Å². The minimum Gasteiger partial charge on any atom is -0.324 e. The first-order chi connectivity index (χ1) is 4.75. The van der Waals surface area contributed by atoms with E-state index in [9.17, 15) is 0 Å². The molecule has 0 aromatic heterocycles.